The minimum absolute atomic E-state index is 0.00429. The van der Waals surface area contributed by atoms with E-state index in [-0.39, 0.29) is 11.6 Å². The second-order valence-electron chi connectivity index (χ2n) is 6.37. The molecule has 1 heterocycles. The van der Waals surface area contributed by atoms with Gasteiger partial charge in [0.2, 0.25) is 5.91 Å². The number of nitro benzene ring substituents is 1. The van der Waals surface area contributed by atoms with E-state index < -0.39 is 4.92 Å². The number of nitro groups is 1. The van der Waals surface area contributed by atoms with Crippen LogP contribution >= 0.6 is 11.6 Å². The van der Waals surface area contributed by atoms with Crippen molar-refractivity contribution in [2.24, 2.45) is 0 Å². The molecule has 26 heavy (non-hydrogen) atoms. The SMILES string of the molecule is Cc1c(NC(=O)CCN2CCCc3cc(Cl)ccc32)cccc1[N+](=O)[O-]. The van der Waals surface area contributed by atoms with Gasteiger partial charge in [0.1, 0.15) is 0 Å². The Labute approximate surface area is 156 Å². The lowest BCUT2D eigenvalue weighted by Crippen LogP contribution is -2.32. The number of hydrogen-bond donors (Lipinski definition) is 1. The third-order valence-corrected chi connectivity index (χ3v) is 4.88. The number of fused-ring (bicyclic) bond motifs is 1. The molecule has 0 bridgehead atoms. The van der Waals surface area contributed by atoms with E-state index in [9.17, 15) is 14.9 Å². The van der Waals surface area contributed by atoms with Gasteiger partial charge in [0.15, 0.2) is 0 Å². The monoisotopic (exact) mass is 373 g/mol. The number of rotatable bonds is 5. The van der Waals surface area contributed by atoms with E-state index in [1.54, 1.807) is 19.1 Å². The van der Waals surface area contributed by atoms with Crippen LogP contribution in [0.2, 0.25) is 5.02 Å². The molecule has 3 rings (SSSR count). The van der Waals surface area contributed by atoms with Gasteiger partial charge in [0, 0.05) is 36.3 Å². The van der Waals surface area contributed by atoms with E-state index in [0.29, 0.717) is 24.2 Å². The van der Waals surface area contributed by atoms with Gasteiger partial charge in [-0.1, -0.05) is 17.7 Å². The van der Waals surface area contributed by atoms with Crippen LogP contribution in [0.4, 0.5) is 17.1 Å². The molecule has 0 atom stereocenters. The Hall–Kier alpha value is -2.60. The highest BCUT2D eigenvalue weighted by Gasteiger charge is 2.19. The van der Waals surface area contributed by atoms with Crippen molar-refractivity contribution in [3.63, 3.8) is 0 Å². The Morgan fingerprint density at radius 1 is 1.35 bits per heavy atom. The molecule has 0 aromatic heterocycles. The number of nitrogens with one attached hydrogen (secondary N) is 1. The van der Waals surface area contributed by atoms with Gasteiger partial charge < -0.3 is 10.2 Å². The fraction of sp³-hybridized carbons (Fsp3) is 0.316. The Kier molecular flexibility index (Phi) is 5.42. The standard InChI is InChI=1S/C19H20ClN3O3/c1-13-16(5-2-6-17(13)23(25)26)21-19(24)9-11-22-10-3-4-14-12-15(20)7-8-18(14)22/h2,5-8,12H,3-4,9-11H2,1H3,(H,21,24). The van der Waals surface area contributed by atoms with E-state index >= 15 is 0 Å². The van der Waals surface area contributed by atoms with Gasteiger partial charge in [0.05, 0.1) is 16.2 Å². The first-order valence-electron chi connectivity index (χ1n) is 8.53. The van der Waals surface area contributed by atoms with Crippen LogP contribution in [-0.4, -0.2) is 23.9 Å². The molecule has 7 heteroatoms. The minimum Gasteiger partial charge on any atom is -0.371 e. The van der Waals surface area contributed by atoms with Crippen molar-refractivity contribution in [3.8, 4) is 0 Å². The number of nitrogens with zero attached hydrogens (tertiary/aromatic N) is 2. The van der Waals surface area contributed by atoms with Crippen molar-refractivity contribution >= 4 is 34.6 Å². The number of hydrogen-bond acceptors (Lipinski definition) is 4. The van der Waals surface area contributed by atoms with E-state index in [1.807, 2.05) is 18.2 Å². The number of aryl methyl sites for hydroxylation is 1. The van der Waals surface area contributed by atoms with Gasteiger partial charge in [-0.15, -0.1) is 0 Å². The molecule has 0 radical (unpaired) electrons. The molecule has 136 valence electrons. The molecule has 6 nitrogen and oxygen atoms in total. The van der Waals surface area contributed by atoms with Crippen LogP contribution in [0.5, 0.6) is 0 Å². The van der Waals surface area contributed by atoms with Crippen molar-refractivity contribution in [2.75, 3.05) is 23.3 Å². The minimum atomic E-state index is -0.444. The average Bonchev–Trinajstić information content (AvgIpc) is 2.61. The first kappa shape index (κ1) is 18.2. The summed E-state index contributed by atoms with van der Waals surface area (Å²) in [5.41, 5.74) is 3.28. The first-order chi connectivity index (χ1) is 12.5. The van der Waals surface area contributed by atoms with Crippen LogP contribution in [0.25, 0.3) is 0 Å². The van der Waals surface area contributed by atoms with Crippen molar-refractivity contribution < 1.29 is 9.72 Å². The zero-order valence-corrected chi connectivity index (χ0v) is 15.3. The third kappa shape index (κ3) is 3.96. The largest absolute Gasteiger partial charge is 0.371 e. The van der Waals surface area contributed by atoms with Crippen LogP contribution in [0.15, 0.2) is 36.4 Å². The molecule has 0 saturated carbocycles. The molecule has 0 fully saturated rings. The molecule has 1 N–H and O–H groups in total. The molecule has 2 aromatic carbocycles. The molecule has 0 aliphatic carbocycles. The molecule has 1 aliphatic heterocycles. The number of carbonyl (C=O) groups excluding carboxylic acids is 1. The summed E-state index contributed by atoms with van der Waals surface area (Å²) in [6.45, 7) is 3.13. The van der Waals surface area contributed by atoms with Crippen LogP contribution in [0.3, 0.4) is 0 Å². The smallest absolute Gasteiger partial charge is 0.274 e. The van der Waals surface area contributed by atoms with E-state index in [1.165, 1.54) is 11.6 Å². The summed E-state index contributed by atoms with van der Waals surface area (Å²) >= 11 is 6.06. The van der Waals surface area contributed by atoms with Crippen molar-refractivity contribution in [3.05, 3.63) is 62.7 Å². The van der Waals surface area contributed by atoms with Crippen LogP contribution in [-0.2, 0) is 11.2 Å². The predicted molar refractivity (Wildman–Crippen MR) is 103 cm³/mol. The van der Waals surface area contributed by atoms with E-state index in [4.69, 9.17) is 11.6 Å². The van der Waals surface area contributed by atoms with E-state index in [2.05, 4.69) is 10.2 Å². The maximum absolute atomic E-state index is 12.3. The second-order valence-corrected chi connectivity index (χ2v) is 6.81. The van der Waals surface area contributed by atoms with Crippen molar-refractivity contribution in [1.29, 1.82) is 0 Å². The van der Waals surface area contributed by atoms with Crippen molar-refractivity contribution in [2.45, 2.75) is 26.2 Å². The fourth-order valence-corrected chi connectivity index (χ4v) is 3.48. The average molecular weight is 374 g/mol. The Balaban J connectivity index is 1.64. The van der Waals surface area contributed by atoms with E-state index in [0.717, 1.165) is 30.1 Å². The lowest BCUT2D eigenvalue weighted by Gasteiger charge is -2.31. The number of benzene rings is 2. The molecule has 0 saturated heterocycles. The fourth-order valence-electron chi connectivity index (χ4n) is 3.28. The maximum Gasteiger partial charge on any atom is 0.274 e. The first-order valence-corrected chi connectivity index (χ1v) is 8.91. The molecular weight excluding hydrogens is 354 g/mol. The predicted octanol–water partition coefficient (Wildman–Crippen LogP) is 4.34. The van der Waals surface area contributed by atoms with Crippen LogP contribution in [0.1, 0.15) is 24.0 Å². The van der Waals surface area contributed by atoms with Gasteiger partial charge in [0.25, 0.3) is 5.69 Å². The molecule has 1 amide bonds. The van der Waals surface area contributed by atoms with Gasteiger partial charge in [-0.05, 0) is 49.6 Å². The Morgan fingerprint density at radius 2 is 2.15 bits per heavy atom. The van der Waals surface area contributed by atoms with Gasteiger partial charge in [-0.2, -0.15) is 0 Å². The third-order valence-electron chi connectivity index (χ3n) is 4.64. The lowest BCUT2D eigenvalue weighted by atomic mass is 10.0. The summed E-state index contributed by atoms with van der Waals surface area (Å²) in [6.07, 6.45) is 2.33. The summed E-state index contributed by atoms with van der Waals surface area (Å²) in [4.78, 5) is 25.1. The summed E-state index contributed by atoms with van der Waals surface area (Å²) in [5, 5.41) is 14.5. The summed E-state index contributed by atoms with van der Waals surface area (Å²) in [7, 11) is 0. The number of halogens is 1. The Morgan fingerprint density at radius 3 is 2.92 bits per heavy atom. The van der Waals surface area contributed by atoms with Crippen molar-refractivity contribution in [1.82, 2.24) is 0 Å². The molecule has 0 spiro atoms. The molecule has 0 unspecified atom stereocenters. The van der Waals surface area contributed by atoms with Gasteiger partial charge in [-0.3, -0.25) is 14.9 Å². The summed E-state index contributed by atoms with van der Waals surface area (Å²) in [6, 6.07) is 10.5. The van der Waals surface area contributed by atoms with Crippen LogP contribution in [0, 0.1) is 17.0 Å². The zero-order valence-electron chi connectivity index (χ0n) is 14.5. The quantitative estimate of drug-likeness (QED) is 0.625. The molecule has 2 aromatic rings. The zero-order chi connectivity index (χ0) is 18.7. The summed E-state index contributed by atoms with van der Waals surface area (Å²) in [5.74, 6) is -0.158. The molecule has 1 aliphatic rings. The highest BCUT2D eigenvalue weighted by atomic mass is 35.5. The highest BCUT2D eigenvalue weighted by Crippen LogP contribution is 2.30. The number of anilines is 2. The van der Waals surface area contributed by atoms with Gasteiger partial charge in [-0.25, -0.2) is 0 Å². The normalized spacial score (nSPS) is 13.2. The number of amides is 1. The summed E-state index contributed by atoms with van der Waals surface area (Å²) < 4.78 is 0. The van der Waals surface area contributed by atoms with Crippen LogP contribution < -0.4 is 10.2 Å². The number of carbonyl (C=O) groups is 1. The lowest BCUT2D eigenvalue weighted by molar-refractivity contribution is -0.385. The Bertz CT molecular complexity index is 854. The highest BCUT2D eigenvalue weighted by molar-refractivity contribution is 6.30. The topological polar surface area (TPSA) is 75.5 Å². The van der Waals surface area contributed by atoms with Gasteiger partial charge >= 0.3 is 0 Å². The second kappa shape index (κ2) is 7.74. The maximum atomic E-state index is 12.3. The molecular formula is C19H20ClN3O3.